The van der Waals surface area contributed by atoms with Gasteiger partial charge in [-0.3, -0.25) is 0 Å². The van der Waals surface area contributed by atoms with Gasteiger partial charge in [0.05, 0.1) is 5.41 Å². The van der Waals surface area contributed by atoms with Crippen molar-refractivity contribution in [2.75, 3.05) is 26.0 Å². The van der Waals surface area contributed by atoms with E-state index >= 15 is 0 Å². The lowest BCUT2D eigenvalue weighted by molar-refractivity contribution is -0.401. The third-order valence-electron chi connectivity index (χ3n) is 7.12. The molecule has 0 bridgehead atoms. The van der Waals surface area contributed by atoms with Crippen LogP contribution < -0.4 is 28.9 Å². The zero-order valence-corrected chi connectivity index (χ0v) is 24.4. The standard InChI is InChI=1S/C32H39N2.HI/c1-31(2)22-25(13-9-8-12-24-16-18-27(19-17-24)33(5)6)20-26(23-31)21-30-32(3,4)28-14-10-11-15-29(28)34(30)7;/h8-21H,22-23H2,1-7H3;1H/q+1;/p-1. The highest BCUT2D eigenvalue weighted by Crippen LogP contribution is 2.42. The van der Waals surface area contributed by atoms with Crippen molar-refractivity contribution in [1.82, 2.24) is 0 Å². The van der Waals surface area contributed by atoms with Crippen molar-refractivity contribution < 1.29 is 28.6 Å². The molecule has 35 heavy (non-hydrogen) atoms. The highest BCUT2D eigenvalue weighted by molar-refractivity contribution is 6.03. The van der Waals surface area contributed by atoms with Crippen molar-refractivity contribution in [3.63, 3.8) is 0 Å². The first-order chi connectivity index (χ1) is 16.1. The number of halogens is 1. The minimum absolute atomic E-state index is 0. The second kappa shape index (κ2) is 10.7. The number of allylic oxidation sites excluding steroid dienone is 7. The summed E-state index contributed by atoms with van der Waals surface area (Å²) < 4.78 is 2.37. The third-order valence-corrected chi connectivity index (χ3v) is 7.12. The SMILES string of the molecule is CN(C)c1ccc(C=CC=CC2=CC(=CC3=[N+](C)c4ccccc4C3(C)C)CC(C)(C)C2)cc1.[I-]. The zero-order valence-electron chi connectivity index (χ0n) is 22.3. The maximum atomic E-state index is 2.44. The number of hydrogen-bond acceptors (Lipinski definition) is 1. The van der Waals surface area contributed by atoms with Crippen LogP contribution in [0, 0.1) is 5.41 Å². The summed E-state index contributed by atoms with van der Waals surface area (Å²) in [6.07, 6.45) is 15.8. The van der Waals surface area contributed by atoms with E-state index in [1.807, 2.05) is 0 Å². The molecule has 0 unspecified atom stereocenters. The Bertz CT molecular complexity index is 1220. The van der Waals surface area contributed by atoms with Gasteiger partial charge in [-0.15, -0.1) is 0 Å². The number of benzene rings is 2. The van der Waals surface area contributed by atoms with Gasteiger partial charge in [-0.2, -0.15) is 4.58 Å². The van der Waals surface area contributed by atoms with Crippen LogP contribution in [0.1, 0.15) is 51.7 Å². The van der Waals surface area contributed by atoms with Crippen LogP contribution in [0.5, 0.6) is 0 Å². The van der Waals surface area contributed by atoms with Gasteiger partial charge in [0.15, 0.2) is 5.71 Å². The number of nitrogens with zero attached hydrogens (tertiary/aromatic N) is 2. The van der Waals surface area contributed by atoms with E-state index in [2.05, 4.69) is 143 Å². The van der Waals surface area contributed by atoms with Crippen molar-refractivity contribution >= 4 is 23.2 Å². The summed E-state index contributed by atoms with van der Waals surface area (Å²) >= 11 is 0. The topological polar surface area (TPSA) is 6.25 Å². The Morgan fingerprint density at radius 2 is 1.51 bits per heavy atom. The van der Waals surface area contributed by atoms with E-state index in [1.165, 1.54) is 39.4 Å². The first kappa shape index (κ1) is 27.2. The smallest absolute Gasteiger partial charge is 0.209 e. The molecule has 0 saturated carbocycles. The minimum atomic E-state index is 0. The molecule has 0 fully saturated rings. The van der Waals surface area contributed by atoms with E-state index in [-0.39, 0.29) is 34.8 Å². The van der Waals surface area contributed by atoms with Crippen LogP contribution in [0.4, 0.5) is 11.4 Å². The van der Waals surface area contributed by atoms with Gasteiger partial charge in [-0.25, -0.2) is 0 Å². The number of hydrogen-bond donors (Lipinski definition) is 0. The van der Waals surface area contributed by atoms with Crippen molar-refractivity contribution in [2.45, 2.75) is 46.0 Å². The van der Waals surface area contributed by atoms with Gasteiger partial charge in [0.1, 0.15) is 7.05 Å². The average Bonchev–Trinajstić information content (AvgIpc) is 2.97. The molecule has 2 aromatic rings. The second-order valence-corrected chi connectivity index (χ2v) is 11.2. The summed E-state index contributed by atoms with van der Waals surface area (Å²) in [6.45, 7) is 9.45. The largest absolute Gasteiger partial charge is 1.00 e. The van der Waals surface area contributed by atoms with Gasteiger partial charge >= 0.3 is 0 Å². The lowest BCUT2D eigenvalue weighted by atomic mass is 9.73. The van der Waals surface area contributed by atoms with E-state index in [0.717, 1.165) is 12.8 Å². The van der Waals surface area contributed by atoms with Crippen LogP contribution in [0.3, 0.4) is 0 Å². The first-order valence-electron chi connectivity index (χ1n) is 12.3. The monoisotopic (exact) mass is 578 g/mol. The number of fused-ring (bicyclic) bond motifs is 1. The molecule has 3 heteroatoms. The van der Waals surface area contributed by atoms with Gasteiger partial charge < -0.3 is 28.9 Å². The molecule has 2 aliphatic rings. The molecule has 2 nitrogen and oxygen atoms in total. The normalized spacial score (nSPS) is 19.7. The van der Waals surface area contributed by atoms with Crippen LogP contribution in [0.25, 0.3) is 6.08 Å². The summed E-state index contributed by atoms with van der Waals surface area (Å²) in [5.41, 5.74) is 9.62. The Morgan fingerprint density at radius 3 is 2.17 bits per heavy atom. The molecule has 0 atom stereocenters. The Kier molecular flexibility index (Phi) is 8.31. The lowest BCUT2D eigenvalue weighted by Gasteiger charge is -2.30. The van der Waals surface area contributed by atoms with Gasteiger partial charge in [-0.05, 0) is 60.9 Å². The van der Waals surface area contributed by atoms with E-state index in [9.17, 15) is 0 Å². The summed E-state index contributed by atoms with van der Waals surface area (Å²) in [6, 6.07) is 17.4. The van der Waals surface area contributed by atoms with Gasteiger partial charge in [0.2, 0.25) is 5.69 Å². The van der Waals surface area contributed by atoms with Crippen LogP contribution in [0.2, 0.25) is 0 Å². The molecule has 0 radical (unpaired) electrons. The number of anilines is 1. The molecule has 0 saturated heterocycles. The highest BCUT2D eigenvalue weighted by Gasteiger charge is 2.43. The quantitative estimate of drug-likeness (QED) is 0.283. The molecular weight excluding hydrogens is 539 g/mol. The molecule has 4 rings (SSSR count). The molecule has 2 aromatic carbocycles. The number of rotatable bonds is 5. The first-order valence-corrected chi connectivity index (χ1v) is 12.3. The van der Waals surface area contributed by atoms with E-state index in [0.29, 0.717) is 0 Å². The summed E-state index contributed by atoms with van der Waals surface area (Å²) in [7, 11) is 6.34. The molecule has 0 N–H and O–H groups in total. The predicted molar refractivity (Wildman–Crippen MR) is 148 cm³/mol. The Labute approximate surface area is 229 Å². The average molecular weight is 579 g/mol. The minimum Gasteiger partial charge on any atom is -1.00 e. The van der Waals surface area contributed by atoms with Gasteiger partial charge in [0.25, 0.3) is 0 Å². The maximum absolute atomic E-state index is 2.44. The molecule has 1 aliphatic heterocycles. The van der Waals surface area contributed by atoms with Crippen molar-refractivity contribution in [3.05, 3.63) is 101 Å². The van der Waals surface area contributed by atoms with Crippen LogP contribution in [-0.2, 0) is 5.41 Å². The molecular formula is C32H39IN2. The molecule has 1 heterocycles. The third kappa shape index (κ3) is 6.06. The molecule has 184 valence electrons. The fourth-order valence-corrected chi connectivity index (χ4v) is 5.37. The number of para-hydroxylation sites is 1. The Hall–Kier alpha value is -2.40. The summed E-state index contributed by atoms with van der Waals surface area (Å²) in [5.74, 6) is 0. The molecule has 1 aliphatic carbocycles. The second-order valence-electron chi connectivity index (χ2n) is 11.2. The molecule has 0 aromatic heterocycles. The zero-order chi connectivity index (χ0) is 24.5. The van der Waals surface area contributed by atoms with Gasteiger partial charge in [-0.1, -0.05) is 74.6 Å². The molecule has 0 amide bonds. The van der Waals surface area contributed by atoms with Crippen LogP contribution in [-0.4, -0.2) is 31.4 Å². The van der Waals surface area contributed by atoms with E-state index in [4.69, 9.17) is 0 Å². The van der Waals surface area contributed by atoms with Crippen LogP contribution in [0.15, 0.2) is 90.1 Å². The lowest BCUT2D eigenvalue weighted by Crippen LogP contribution is -3.00. The fourth-order valence-electron chi connectivity index (χ4n) is 5.37. The maximum Gasteiger partial charge on any atom is 0.209 e. The highest BCUT2D eigenvalue weighted by atomic mass is 127. The Balaban J connectivity index is 0.00000342. The van der Waals surface area contributed by atoms with Gasteiger partial charge in [0, 0.05) is 37.5 Å². The fraction of sp³-hybridized carbons (Fsp3) is 0.344. The summed E-state index contributed by atoms with van der Waals surface area (Å²) in [5, 5.41) is 0. The van der Waals surface area contributed by atoms with E-state index < -0.39 is 0 Å². The van der Waals surface area contributed by atoms with Crippen molar-refractivity contribution in [3.8, 4) is 0 Å². The predicted octanol–water partition coefficient (Wildman–Crippen LogP) is 4.71. The molecule has 0 spiro atoms. The van der Waals surface area contributed by atoms with Crippen molar-refractivity contribution in [2.24, 2.45) is 5.41 Å². The van der Waals surface area contributed by atoms with E-state index in [1.54, 1.807) is 0 Å². The Morgan fingerprint density at radius 1 is 0.857 bits per heavy atom. The van der Waals surface area contributed by atoms with Crippen molar-refractivity contribution in [1.29, 1.82) is 0 Å². The van der Waals surface area contributed by atoms with Crippen LogP contribution >= 0.6 is 0 Å². The summed E-state index contributed by atoms with van der Waals surface area (Å²) in [4.78, 5) is 2.12.